The van der Waals surface area contributed by atoms with Crippen LogP contribution in [0.5, 0.6) is 0 Å². The molecular formula is C45H75N3O33. The molecule has 21 N–H and O–H groups in total. The summed E-state index contributed by atoms with van der Waals surface area (Å²) in [6.45, 7) is -1.32. The van der Waals surface area contributed by atoms with E-state index >= 15 is 0 Å². The second-order valence-corrected chi connectivity index (χ2v) is 20.4. The summed E-state index contributed by atoms with van der Waals surface area (Å²) in [6, 6.07) is -5.25. The van der Waals surface area contributed by atoms with Gasteiger partial charge < -0.3 is 160 Å². The first-order chi connectivity index (χ1) is 38.1. The maximum Gasteiger partial charge on any atom is 0.364 e. The van der Waals surface area contributed by atoms with Crippen LogP contribution in [-0.2, 0) is 71.3 Å². The Hall–Kier alpha value is -3.24. The molecule has 0 aliphatic carbocycles. The smallest absolute Gasteiger partial charge is 0.364 e. The van der Waals surface area contributed by atoms with Crippen LogP contribution in [-0.4, -0.2) is 338 Å². The number of nitrogens with one attached hydrogen (secondary N) is 3. The minimum Gasteiger partial charge on any atom is -0.477 e. The number of carboxylic acids is 1. The molecule has 36 heteroatoms. The highest BCUT2D eigenvalue weighted by atomic mass is 16.8. The van der Waals surface area contributed by atoms with E-state index in [4.69, 9.17) is 52.1 Å². The maximum absolute atomic E-state index is 13.2. The van der Waals surface area contributed by atoms with Gasteiger partial charge in [-0.05, 0) is 6.92 Å². The van der Waals surface area contributed by atoms with E-state index in [2.05, 4.69) is 16.0 Å². The fraction of sp³-hybridized carbons (Fsp3) is 0.911. The lowest BCUT2D eigenvalue weighted by atomic mass is 9.88. The molecule has 6 fully saturated rings. The topological polar surface area (TPSA) is 570 Å². The second-order valence-electron chi connectivity index (χ2n) is 20.4. The molecule has 0 aromatic carbocycles. The van der Waals surface area contributed by atoms with Crippen LogP contribution in [0.15, 0.2) is 0 Å². The average molecular weight is 1190 g/mol. The number of hydrogen-bond donors (Lipinski definition) is 21. The number of hydrogen-bond acceptors (Lipinski definition) is 32. The van der Waals surface area contributed by atoms with Gasteiger partial charge in [-0.2, -0.15) is 0 Å². The quantitative estimate of drug-likeness (QED) is 0.0507. The van der Waals surface area contributed by atoms with Crippen molar-refractivity contribution in [1.29, 1.82) is 0 Å². The van der Waals surface area contributed by atoms with Crippen molar-refractivity contribution in [2.75, 3.05) is 33.0 Å². The molecule has 36 nitrogen and oxygen atoms in total. The molecular weight excluding hydrogens is 1110 g/mol. The summed E-state index contributed by atoms with van der Waals surface area (Å²) in [5, 5.41) is 203. The highest BCUT2D eigenvalue weighted by Crippen LogP contribution is 2.40. The number of carboxylic acid groups (broad SMARTS) is 1. The Kier molecular flexibility index (Phi) is 23.4. The van der Waals surface area contributed by atoms with Crippen molar-refractivity contribution in [2.24, 2.45) is 0 Å². The highest BCUT2D eigenvalue weighted by molar-refractivity contribution is 5.77. The lowest BCUT2D eigenvalue weighted by Crippen LogP contribution is -2.72. The fourth-order valence-electron chi connectivity index (χ4n) is 10.4. The third kappa shape index (κ3) is 14.5. The van der Waals surface area contributed by atoms with Gasteiger partial charge in [0.1, 0.15) is 134 Å². The minimum atomic E-state index is -3.25. The summed E-state index contributed by atoms with van der Waals surface area (Å²) >= 11 is 0. The molecule has 6 rings (SSSR count). The van der Waals surface area contributed by atoms with Gasteiger partial charge in [0.15, 0.2) is 31.5 Å². The van der Waals surface area contributed by atoms with Crippen molar-refractivity contribution in [3.8, 4) is 0 Å². The Balaban J connectivity index is 1.37. The summed E-state index contributed by atoms with van der Waals surface area (Å²) in [7, 11) is 0. The van der Waals surface area contributed by atoms with Crippen molar-refractivity contribution in [3.63, 3.8) is 0 Å². The summed E-state index contributed by atoms with van der Waals surface area (Å²) in [4.78, 5) is 50.4. The lowest BCUT2D eigenvalue weighted by molar-refractivity contribution is -0.398. The van der Waals surface area contributed by atoms with Gasteiger partial charge in [0.2, 0.25) is 17.7 Å². The molecule has 0 saturated carbocycles. The zero-order valence-electron chi connectivity index (χ0n) is 43.7. The van der Waals surface area contributed by atoms with Gasteiger partial charge in [-0.1, -0.05) is 0 Å². The van der Waals surface area contributed by atoms with E-state index < -0.39 is 253 Å². The van der Waals surface area contributed by atoms with Crippen LogP contribution in [0.2, 0.25) is 0 Å². The molecule has 1 unspecified atom stereocenters. The number of rotatable bonds is 21. The van der Waals surface area contributed by atoms with Crippen LogP contribution in [0.3, 0.4) is 0 Å². The molecule has 0 radical (unpaired) electrons. The first kappa shape index (κ1) is 66.9. The van der Waals surface area contributed by atoms with Gasteiger partial charge in [-0.3, -0.25) is 14.4 Å². The van der Waals surface area contributed by atoms with E-state index in [0.717, 1.165) is 20.8 Å². The van der Waals surface area contributed by atoms with E-state index in [1.807, 2.05) is 0 Å². The number of aliphatic hydroxyl groups excluding tert-OH is 17. The number of carbonyl (C=O) groups is 4. The van der Waals surface area contributed by atoms with E-state index in [1.165, 1.54) is 6.92 Å². The lowest BCUT2D eigenvalue weighted by Gasteiger charge is -2.52. The number of aliphatic carboxylic acids is 1. The van der Waals surface area contributed by atoms with Crippen molar-refractivity contribution in [2.45, 2.75) is 224 Å². The van der Waals surface area contributed by atoms with Crippen LogP contribution >= 0.6 is 0 Å². The Morgan fingerprint density at radius 2 is 0.963 bits per heavy atom. The van der Waals surface area contributed by atoms with E-state index in [0.29, 0.717) is 0 Å². The third-order valence-electron chi connectivity index (χ3n) is 14.6. The van der Waals surface area contributed by atoms with Crippen LogP contribution in [0.4, 0.5) is 0 Å². The Labute approximate surface area is 459 Å². The second kappa shape index (κ2) is 28.3. The Morgan fingerprint density at radius 1 is 0.506 bits per heavy atom. The zero-order chi connectivity index (χ0) is 60.3. The zero-order valence-corrected chi connectivity index (χ0v) is 43.7. The van der Waals surface area contributed by atoms with Crippen LogP contribution in [0.25, 0.3) is 0 Å². The number of aliphatic hydroxyl groups is 17. The highest BCUT2D eigenvalue weighted by Gasteiger charge is 2.62. The number of carbonyl (C=O) groups excluding carboxylic acids is 3. The van der Waals surface area contributed by atoms with Crippen molar-refractivity contribution >= 4 is 23.7 Å². The van der Waals surface area contributed by atoms with Crippen molar-refractivity contribution in [1.82, 2.24) is 16.0 Å². The van der Waals surface area contributed by atoms with Gasteiger partial charge >= 0.3 is 5.97 Å². The van der Waals surface area contributed by atoms with Gasteiger partial charge in [0.05, 0.1) is 51.3 Å². The van der Waals surface area contributed by atoms with E-state index in [9.17, 15) is 111 Å². The number of ether oxygens (including phenoxy) is 11. The van der Waals surface area contributed by atoms with Crippen molar-refractivity contribution in [3.05, 3.63) is 0 Å². The molecule has 6 aliphatic heterocycles. The normalized spacial score (nSPS) is 46.7. The fourth-order valence-corrected chi connectivity index (χ4v) is 10.4. The van der Waals surface area contributed by atoms with Gasteiger partial charge in [-0.15, -0.1) is 0 Å². The van der Waals surface area contributed by atoms with Crippen molar-refractivity contribution < 1.29 is 163 Å². The Bertz CT molecular complexity index is 2080. The molecule has 31 atom stereocenters. The monoisotopic (exact) mass is 1190 g/mol. The summed E-state index contributed by atoms with van der Waals surface area (Å²) in [5.41, 5.74) is 0. The first-order valence-corrected chi connectivity index (χ1v) is 25.6. The van der Waals surface area contributed by atoms with Gasteiger partial charge in [0.25, 0.3) is 5.79 Å². The summed E-state index contributed by atoms with van der Waals surface area (Å²) in [6.07, 6.45) is -56.1. The molecule has 0 spiro atoms. The molecule has 6 aliphatic rings. The molecule has 0 bridgehead atoms. The van der Waals surface area contributed by atoms with E-state index in [1.54, 1.807) is 0 Å². The molecule has 0 aromatic rings. The molecule has 81 heavy (non-hydrogen) atoms. The van der Waals surface area contributed by atoms with E-state index in [-0.39, 0.29) is 0 Å². The minimum absolute atomic E-state index is 0.748. The van der Waals surface area contributed by atoms with Crippen LogP contribution in [0, 0.1) is 0 Å². The summed E-state index contributed by atoms with van der Waals surface area (Å²) in [5.74, 6) is -7.92. The SMILES string of the molecule is CC(=O)N[C@H]1[C@H](O[C@H]2[C@@H](O)[C@@H](CO)O[C@@H](O[C@H]3[C@H](O)[C@@H](NC(C)=O)C(O)O[C@@H]3CO)[C@@H]2O)O[C@H](CO)[C@@H](O[C@@H]2O[C@H](CO)[C@H](O)[C@H](O[C@]3(C(=O)O)C[C@H](O)[C@@H](NC(C)=O)[C@H]([C@H](O)[C@H](O)CO)O3)[C@H]2O)[C@@H]1O[C@@H]1O[C@@H](C)[C@@H](O)[C@@H](O)[C@@H]1O. The number of amides is 3. The predicted molar refractivity (Wildman–Crippen MR) is 250 cm³/mol. The predicted octanol–water partition coefficient (Wildman–Crippen LogP) is -13.4. The van der Waals surface area contributed by atoms with Crippen LogP contribution < -0.4 is 16.0 Å². The largest absolute Gasteiger partial charge is 0.477 e. The molecule has 6 saturated heterocycles. The van der Waals surface area contributed by atoms with Gasteiger partial charge in [-0.25, -0.2) is 4.79 Å². The first-order valence-electron chi connectivity index (χ1n) is 25.6. The average Bonchev–Trinajstić information content (AvgIpc) is 3.41. The van der Waals surface area contributed by atoms with Gasteiger partial charge in [0, 0.05) is 27.2 Å². The molecule has 0 aromatic heterocycles. The third-order valence-corrected chi connectivity index (χ3v) is 14.6. The summed E-state index contributed by atoms with van der Waals surface area (Å²) < 4.78 is 64.3. The Morgan fingerprint density at radius 3 is 1.49 bits per heavy atom. The maximum atomic E-state index is 13.2. The molecule has 468 valence electrons. The molecule has 3 amide bonds. The van der Waals surface area contributed by atoms with Crippen LogP contribution in [0.1, 0.15) is 34.1 Å². The molecule has 6 heterocycles. The standard InChI is InChI=1S/C45H75N3O33/c1-11-24(59)29(64)30(65)41(71-11)78-36-23(48-14(4)56)40(79-37-26(61)17(7-50)73-42(31(37)66)76-33-19(9-52)72-39(68)22(28(33)63)47-13(3)55)75-20(10-53)34(36)77-43-32(67)38(27(62)18(8-51)74-43)81-45(44(69)70)5-15(57)21(46-12(2)54)35(80-45)25(60)16(58)6-49/h11,15-43,49-53,57-68H,5-10H2,1-4H3,(H,46,54)(H,47,55)(H,48,56)(H,69,70)/t11-,15-,16+,17+,18+,19+,20+,21+,22+,23+,24+,25+,26-,27-,28+,29+,30-,31+,32+,33+,34+,35+,36+,37-,38-,39?,40-,41-,42-,43-,45-/m0/s1.